The average Bonchev–Trinajstić information content (AvgIpc) is 2.50. The van der Waals surface area contributed by atoms with Crippen molar-refractivity contribution in [2.24, 2.45) is 0 Å². The molecule has 0 heterocycles. The van der Waals surface area contributed by atoms with Gasteiger partial charge in [0, 0.05) is 0 Å². The fourth-order valence-electron chi connectivity index (χ4n) is 2.64. The molecule has 0 radical (unpaired) electrons. The highest BCUT2D eigenvalue weighted by atomic mass is 14.0. The molecule has 0 atom stereocenters. The van der Waals surface area contributed by atoms with E-state index in [4.69, 9.17) is 0 Å². The van der Waals surface area contributed by atoms with Gasteiger partial charge >= 0.3 is 0 Å². The lowest BCUT2D eigenvalue weighted by Gasteiger charge is -2.03. The van der Waals surface area contributed by atoms with Gasteiger partial charge in [-0.15, -0.1) is 0 Å². The first-order valence-corrected chi connectivity index (χ1v) is 8.58. The molecule has 0 aromatic heterocycles. The minimum Gasteiger partial charge on any atom is -0.0985 e. The fourth-order valence-corrected chi connectivity index (χ4v) is 2.64. The lowest BCUT2D eigenvalue weighted by atomic mass is 10.0. The lowest BCUT2D eigenvalue weighted by Crippen LogP contribution is -1.87. The summed E-state index contributed by atoms with van der Waals surface area (Å²) in [6.45, 7) is 6.07. The minimum absolute atomic E-state index is 1.22. The molecule has 0 aliphatic rings. The van der Waals surface area contributed by atoms with Gasteiger partial charge in [-0.25, -0.2) is 0 Å². The summed E-state index contributed by atoms with van der Waals surface area (Å²) in [5.41, 5.74) is 2.69. The predicted molar refractivity (Wildman–Crippen MR) is 92.1 cm³/mol. The van der Waals surface area contributed by atoms with E-state index in [1.54, 1.807) is 0 Å². The Labute approximate surface area is 126 Å². The summed E-state index contributed by atoms with van der Waals surface area (Å²) >= 11 is 0. The maximum atomic E-state index is 3.79. The standard InChI is InChI=1S/C20H32/c1-3-5-6-7-8-9-10-11-12-13-14-20-17-15-19(4-2)16-18-20/h4,15-18H,2-3,5-14H2,1H3. The maximum absolute atomic E-state index is 3.79. The van der Waals surface area contributed by atoms with Crippen LogP contribution in [0, 0.1) is 0 Å². The smallest absolute Gasteiger partial charge is 0.0262 e. The number of rotatable bonds is 12. The van der Waals surface area contributed by atoms with E-state index in [1.165, 1.54) is 81.8 Å². The molecule has 0 heteroatoms. The van der Waals surface area contributed by atoms with Gasteiger partial charge in [0.25, 0.3) is 0 Å². The second kappa shape index (κ2) is 11.8. The fraction of sp³-hybridized carbons (Fsp3) is 0.600. The van der Waals surface area contributed by atoms with Crippen LogP contribution in [0.4, 0.5) is 0 Å². The van der Waals surface area contributed by atoms with Crippen LogP contribution in [-0.4, -0.2) is 0 Å². The van der Waals surface area contributed by atoms with Crippen molar-refractivity contribution in [3.63, 3.8) is 0 Å². The Morgan fingerprint density at radius 2 is 1.25 bits per heavy atom. The van der Waals surface area contributed by atoms with Crippen LogP contribution in [0.5, 0.6) is 0 Å². The minimum atomic E-state index is 1.22. The first kappa shape index (κ1) is 17.0. The summed E-state index contributed by atoms with van der Waals surface area (Å²) in [7, 11) is 0. The van der Waals surface area contributed by atoms with Gasteiger partial charge in [-0.2, -0.15) is 0 Å². The molecule has 1 rings (SSSR count). The van der Waals surface area contributed by atoms with Crippen molar-refractivity contribution in [3.05, 3.63) is 42.0 Å². The van der Waals surface area contributed by atoms with Gasteiger partial charge in [0.2, 0.25) is 0 Å². The van der Waals surface area contributed by atoms with Crippen LogP contribution < -0.4 is 0 Å². The van der Waals surface area contributed by atoms with Crippen LogP contribution in [-0.2, 0) is 6.42 Å². The predicted octanol–water partition coefficient (Wildman–Crippen LogP) is 6.79. The molecule has 0 amide bonds. The monoisotopic (exact) mass is 272 g/mol. The Balaban J connectivity index is 1.92. The highest BCUT2D eigenvalue weighted by molar-refractivity contribution is 5.47. The van der Waals surface area contributed by atoms with Gasteiger partial charge in [-0.3, -0.25) is 0 Å². The van der Waals surface area contributed by atoms with Crippen LogP contribution in [0.2, 0.25) is 0 Å². The molecule has 0 spiro atoms. The number of hydrogen-bond donors (Lipinski definition) is 0. The van der Waals surface area contributed by atoms with Gasteiger partial charge in [-0.1, -0.05) is 102 Å². The topological polar surface area (TPSA) is 0 Å². The first-order chi connectivity index (χ1) is 9.86. The molecule has 0 saturated heterocycles. The van der Waals surface area contributed by atoms with Gasteiger partial charge in [0.05, 0.1) is 0 Å². The summed E-state index contributed by atoms with van der Waals surface area (Å²) in [6.07, 6.45) is 17.3. The zero-order valence-corrected chi connectivity index (χ0v) is 13.4. The van der Waals surface area contributed by atoms with Crippen LogP contribution in [0.1, 0.15) is 82.3 Å². The van der Waals surface area contributed by atoms with E-state index in [2.05, 4.69) is 37.8 Å². The Morgan fingerprint density at radius 1 is 0.750 bits per heavy atom. The number of aryl methyl sites for hydroxylation is 1. The zero-order chi connectivity index (χ0) is 14.5. The number of unbranched alkanes of at least 4 members (excludes halogenated alkanes) is 9. The van der Waals surface area contributed by atoms with Crippen molar-refractivity contribution in [2.45, 2.75) is 77.6 Å². The van der Waals surface area contributed by atoms with Crippen molar-refractivity contribution in [1.29, 1.82) is 0 Å². The van der Waals surface area contributed by atoms with E-state index >= 15 is 0 Å². The summed E-state index contributed by atoms with van der Waals surface area (Å²) in [5.74, 6) is 0. The molecule has 0 aliphatic carbocycles. The molecule has 0 nitrogen and oxygen atoms in total. The normalized spacial score (nSPS) is 10.7. The van der Waals surface area contributed by atoms with E-state index in [0.717, 1.165) is 0 Å². The van der Waals surface area contributed by atoms with Crippen LogP contribution in [0.3, 0.4) is 0 Å². The third-order valence-corrected chi connectivity index (χ3v) is 4.03. The Kier molecular flexibility index (Phi) is 10.0. The Bertz CT molecular complexity index is 334. The zero-order valence-electron chi connectivity index (χ0n) is 13.4. The van der Waals surface area contributed by atoms with Crippen LogP contribution >= 0.6 is 0 Å². The molecule has 0 saturated carbocycles. The summed E-state index contributed by atoms with van der Waals surface area (Å²) in [6, 6.07) is 8.81. The van der Waals surface area contributed by atoms with Gasteiger partial charge in [-0.05, 0) is 24.0 Å². The lowest BCUT2D eigenvalue weighted by molar-refractivity contribution is 0.556. The second-order valence-electron chi connectivity index (χ2n) is 5.88. The van der Waals surface area contributed by atoms with Crippen LogP contribution in [0.15, 0.2) is 30.8 Å². The molecular weight excluding hydrogens is 240 g/mol. The van der Waals surface area contributed by atoms with Gasteiger partial charge in [0.15, 0.2) is 0 Å². The van der Waals surface area contributed by atoms with E-state index in [0.29, 0.717) is 0 Å². The molecule has 1 aromatic carbocycles. The number of benzene rings is 1. The highest BCUT2D eigenvalue weighted by Crippen LogP contribution is 2.13. The molecule has 20 heavy (non-hydrogen) atoms. The van der Waals surface area contributed by atoms with Crippen molar-refractivity contribution in [3.8, 4) is 0 Å². The molecule has 0 N–H and O–H groups in total. The third-order valence-electron chi connectivity index (χ3n) is 4.03. The summed E-state index contributed by atoms with van der Waals surface area (Å²) < 4.78 is 0. The summed E-state index contributed by atoms with van der Waals surface area (Å²) in [4.78, 5) is 0. The van der Waals surface area contributed by atoms with Crippen LogP contribution in [0.25, 0.3) is 6.08 Å². The Hall–Kier alpha value is -1.04. The second-order valence-corrected chi connectivity index (χ2v) is 5.88. The first-order valence-electron chi connectivity index (χ1n) is 8.58. The van der Waals surface area contributed by atoms with Crippen molar-refractivity contribution in [1.82, 2.24) is 0 Å². The van der Waals surface area contributed by atoms with Crippen molar-refractivity contribution < 1.29 is 0 Å². The molecule has 0 aliphatic heterocycles. The molecule has 112 valence electrons. The average molecular weight is 272 g/mol. The van der Waals surface area contributed by atoms with Crippen molar-refractivity contribution in [2.75, 3.05) is 0 Å². The summed E-state index contributed by atoms with van der Waals surface area (Å²) in [5, 5.41) is 0. The van der Waals surface area contributed by atoms with Gasteiger partial charge in [0.1, 0.15) is 0 Å². The third kappa shape index (κ3) is 8.19. The van der Waals surface area contributed by atoms with E-state index in [1.807, 2.05) is 6.08 Å². The largest absolute Gasteiger partial charge is 0.0985 e. The molecule has 0 unspecified atom stereocenters. The van der Waals surface area contributed by atoms with E-state index in [-0.39, 0.29) is 0 Å². The van der Waals surface area contributed by atoms with E-state index in [9.17, 15) is 0 Å². The molecular formula is C20H32. The molecule has 0 fully saturated rings. The van der Waals surface area contributed by atoms with Crippen molar-refractivity contribution >= 4 is 6.08 Å². The molecule has 1 aromatic rings. The quantitative estimate of drug-likeness (QED) is 0.367. The Morgan fingerprint density at radius 3 is 1.75 bits per heavy atom. The highest BCUT2D eigenvalue weighted by Gasteiger charge is 1.95. The number of hydrogen-bond acceptors (Lipinski definition) is 0. The van der Waals surface area contributed by atoms with Gasteiger partial charge < -0.3 is 0 Å². The SMILES string of the molecule is C=Cc1ccc(CCCCCCCCCCCC)cc1. The van der Waals surface area contributed by atoms with E-state index < -0.39 is 0 Å². The molecule has 0 bridgehead atoms. The maximum Gasteiger partial charge on any atom is -0.0262 e.